The van der Waals surface area contributed by atoms with E-state index in [0.29, 0.717) is 37.8 Å². The summed E-state index contributed by atoms with van der Waals surface area (Å²) in [7, 11) is 3.06. The number of non-ortho nitro benzene ring substituents is 1. The zero-order valence-electron chi connectivity index (χ0n) is 24.4. The minimum atomic E-state index is -0.854. The smallest absolute Gasteiger partial charge is 0.338 e. The number of rotatable bonds is 10. The van der Waals surface area contributed by atoms with Crippen LogP contribution in [0.15, 0.2) is 87.8 Å². The van der Waals surface area contributed by atoms with E-state index >= 15 is 0 Å². The average Bonchev–Trinajstić information content (AvgIpc) is 3.33. The lowest BCUT2D eigenvalue weighted by Crippen LogP contribution is -2.40. The summed E-state index contributed by atoms with van der Waals surface area (Å²) in [5, 5.41) is 10.9. The van der Waals surface area contributed by atoms with Crippen molar-refractivity contribution in [1.29, 1.82) is 0 Å². The summed E-state index contributed by atoms with van der Waals surface area (Å²) < 4.78 is 24.2. The molecule has 3 aromatic carbocycles. The number of hydrogen-bond donors (Lipinski definition) is 0. The molecule has 0 amide bonds. The summed E-state index contributed by atoms with van der Waals surface area (Å²) in [5.74, 6) is 1.05. The number of nitro benzene ring substituents is 1. The van der Waals surface area contributed by atoms with Gasteiger partial charge in [0, 0.05) is 17.7 Å². The highest BCUT2D eigenvalue weighted by Gasteiger charge is 2.35. The first-order valence-corrected chi connectivity index (χ1v) is 14.4. The predicted molar refractivity (Wildman–Crippen MR) is 164 cm³/mol. The minimum Gasteiger partial charge on any atom is -0.497 e. The van der Waals surface area contributed by atoms with Gasteiger partial charge < -0.3 is 18.9 Å². The number of carbonyl (C=O) groups excluding carboxylic acids is 1. The summed E-state index contributed by atoms with van der Waals surface area (Å²) in [6.45, 7) is 3.84. The van der Waals surface area contributed by atoms with E-state index in [1.54, 1.807) is 62.4 Å². The van der Waals surface area contributed by atoms with Crippen molar-refractivity contribution in [1.82, 2.24) is 4.57 Å². The average molecular weight is 616 g/mol. The molecule has 0 unspecified atom stereocenters. The van der Waals surface area contributed by atoms with Gasteiger partial charge in [-0.3, -0.25) is 19.5 Å². The van der Waals surface area contributed by atoms with Gasteiger partial charge in [0.25, 0.3) is 11.2 Å². The fourth-order valence-electron chi connectivity index (χ4n) is 4.83. The highest BCUT2D eigenvalue weighted by molar-refractivity contribution is 7.07. The Morgan fingerprint density at radius 2 is 1.75 bits per heavy atom. The monoisotopic (exact) mass is 615 g/mol. The van der Waals surface area contributed by atoms with E-state index < -0.39 is 16.9 Å². The molecule has 226 valence electrons. The molecule has 2 heterocycles. The first-order chi connectivity index (χ1) is 21.2. The van der Waals surface area contributed by atoms with Crippen LogP contribution in [-0.4, -0.2) is 36.3 Å². The first kappa shape index (κ1) is 30.2. The third-order valence-electron chi connectivity index (χ3n) is 6.98. The van der Waals surface area contributed by atoms with Crippen LogP contribution in [0, 0.1) is 10.1 Å². The maximum absolute atomic E-state index is 13.9. The van der Waals surface area contributed by atoms with Gasteiger partial charge in [0.15, 0.2) is 4.80 Å². The summed E-state index contributed by atoms with van der Waals surface area (Å²) in [6.07, 6.45) is 1.76. The molecular formula is C32H29N3O8S. The zero-order valence-corrected chi connectivity index (χ0v) is 25.3. The van der Waals surface area contributed by atoms with Crippen LogP contribution in [-0.2, 0) is 16.1 Å². The fraction of sp³-hybridized carbons (Fsp3) is 0.219. The first-order valence-electron chi connectivity index (χ1n) is 13.6. The van der Waals surface area contributed by atoms with Crippen molar-refractivity contribution in [3.63, 3.8) is 0 Å². The molecule has 11 nitrogen and oxygen atoms in total. The second-order valence-corrected chi connectivity index (χ2v) is 10.7. The summed E-state index contributed by atoms with van der Waals surface area (Å²) >= 11 is 1.22. The van der Waals surface area contributed by atoms with E-state index in [1.807, 2.05) is 12.1 Å². The highest BCUT2D eigenvalue weighted by Crippen LogP contribution is 2.37. The normalized spacial score (nSPS) is 14.5. The van der Waals surface area contributed by atoms with Gasteiger partial charge in [-0.15, -0.1) is 0 Å². The number of fused-ring (bicyclic) bond motifs is 1. The minimum absolute atomic E-state index is 0.0182. The van der Waals surface area contributed by atoms with E-state index in [-0.39, 0.29) is 30.0 Å². The standard InChI is InChI=1S/C32H29N3O8S/c1-5-42-31(37)28-19(2)33-32-34(29(28)25-17-24(40-3)14-15-26(25)41-4)30(36)27(44-32)16-20-8-12-23(13-9-20)43-18-21-6-10-22(11-7-21)35(38)39/h6-17,29H,5,18H2,1-4H3/b27-16+/t29-/m0/s1. The van der Waals surface area contributed by atoms with Crippen molar-refractivity contribution >= 4 is 29.1 Å². The molecule has 0 bridgehead atoms. The molecule has 0 N–H and O–H groups in total. The molecule has 0 aliphatic carbocycles. The fourth-order valence-corrected chi connectivity index (χ4v) is 5.88. The predicted octanol–water partition coefficient (Wildman–Crippen LogP) is 4.30. The number of aromatic nitrogens is 1. The molecule has 0 saturated carbocycles. The largest absolute Gasteiger partial charge is 0.497 e. The zero-order chi connectivity index (χ0) is 31.4. The van der Waals surface area contributed by atoms with E-state index in [0.717, 1.165) is 11.1 Å². The van der Waals surface area contributed by atoms with Crippen LogP contribution in [0.5, 0.6) is 17.2 Å². The van der Waals surface area contributed by atoms with Gasteiger partial charge >= 0.3 is 5.97 Å². The van der Waals surface area contributed by atoms with Crippen LogP contribution >= 0.6 is 11.3 Å². The summed E-state index contributed by atoms with van der Waals surface area (Å²) in [5.41, 5.74) is 2.50. The number of esters is 1. The SMILES string of the molecule is CCOC(=O)C1=C(C)N=c2s/c(=C/c3ccc(OCc4ccc([N+](=O)[O-])cc4)cc3)c(=O)n2[C@H]1c1cc(OC)ccc1OC. The Balaban J connectivity index is 1.50. The molecule has 1 aliphatic heterocycles. The Hall–Kier alpha value is -5.23. The molecule has 5 rings (SSSR count). The molecule has 1 aliphatic rings. The van der Waals surface area contributed by atoms with Crippen molar-refractivity contribution in [3.8, 4) is 17.2 Å². The Labute approximate surface area is 256 Å². The van der Waals surface area contributed by atoms with E-state index in [9.17, 15) is 19.7 Å². The lowest BCUT2D eigenvalue weighted by atomic mass is 9.94. The Kier molecular flexibility index (Phi) is 8.91. The van der Waals surface area contributed by atoms with Crippen LogP contribution in [0.3, 0.4) is 0 Å². The van der Waals surface area contributed by atoms with Gasteiger partial charge in [-0.1, -0.05) is 23.5 Å². The Morgan fingerprint density at radius 3 is 2.39 bits per heavy atom. The number of hydrogen-bond acceptors (Lipinski definition) is 10. The molecule has 0 spiro atoms. The number of benzene rings is 3. The lowest BCUT2D eigenvalue weighted by Gasteiger charge is -2.26. The van der Waals surface area contributed by atoms with Crippen LogP contribution in [0.2, 0.25) is 0 Å². The van der Waals surface area contributed by atoms with Gasteiger partial charge in [-0.2, -0.15) is 0 Å². The third kappa shape index (κ3) is 6.11. The maximum Gasteiger partial charge on any atom is 0.338 e. The van der Waals surface area contributed by atoms with Crippen molar-refractivity contribution in [2.75, 3.05) is 20.8 Å². The van der Waals surface area contributed by atoms with Crippen molar-refractivity contribution in [2.24, 2.45) is 4.99 Å². The summed E-state index contributed by atoms with van der Waals surface area (Å²) in [4.78, 5) is 42.6. The van der Waals surface area contributed by atoms with Crippen molar-refractivity contribution in [2.45, 2.75) is 26.5 Å². The molecule has 0 fully saturated rings. The molecule has 0 saturated heterocycles. The second kappa shape index (κ2) is 13.0. The quantitative estimate of drug-likeness (QED) is 0.147. The van der Waals surface area contributed by atoms with Gasteiger partial charge in [-0.25, -0.2) is 9.79 Å². The molecule has 44 heavy (non-hydrogen) atoms. The van der Waals surface area contributed by atoms with Crippen molar-refractivity contribution < 1.29 is 28.7 Å². The maximum atomic E-state index is 13.9. The molecular weight excluding hydrogens is 586 g/mol. The highest BCUT2D eigenvalue weighted by atomic mass is 32.1. The van der Waals surface area contributed by atoms with Gasteiger partial charge in [0.1, 0.15) is 29.9 Å². The van der Waals surface area contributed by atoms with Gasteiger partial charge in [-0.05, 0) is 73.5 Å². The van der Waals surface area contributed by atoms with Crippen LogP contribution in [0.25, 0.3) is 6.08 Å². The molecule has 0 radical (unpaired) electrons. The van der Waals surface area contributed by atoms with Gasteiger partial charge in [0.05, 0.1) is 41.6 Å². The Bertz CT molecular complexity index is 1930. The molecule has 1 atom stereocenters. The van der Waals surface area contributed by atoms with E-state index in [1.165, 1.54) is 42.3 Å². The number of carbonyl (C=O) groups is 1. The number of thiazole rings is 1. The topological polar surface area (TPSA) is 131 Å². The van der Waals surface area contributed by atoms with E-state index in [4.69, 9.17) is 18.9 Å². The van der Waals surface area contributed by atoms with Crippen molar-refractivity contribution in [3.05, 3.63) is 124 Å². The van der Waals surface area contributed by atoms with Crippen LogP contribution in [0.1, 0.15) is 36.6 Å². The third-order valence-corrected chi connectivity index (χ3v) is 7.96. The number of nitrogens with zero attached hydrogens (tertiary/aromatic N) is 3. The lowest BCUT2D eigenvalue weighted by molar-refractivity contribution is -0.384. The number of nitro groups is 1. The van der Waals surface area contributed by atoms with Gasteiger partial charge in [0.2, 0.25) is 0 Å². The van der Waals surface area contributed by atoms with Crippen LogP contribution in [0.4, 0.5) is 5.69 Å². The number of methoxy groups -OCH3 is 2. The molecule has 12 heteroatoms. The number of ether oxygens (including phenoxy) is 4. The summed E-state index contributed by atoms with van der Waals surface area (Å²) in [6, 6.07) is 17.7. The van der Waals surface area contributed by atoms with Crippen LogP contribution < -0.4 is 29.1 Å². The number of allylic oxidation sites excluding steroid dienone is 1. The second-order valence-electron chi connectivity index (χ2n) is 9.69. The van der Waals surface area contributed by atoms with E-state index in [2.05, 4.69) is 4.99 Å². The molecule has 4 aromatic rings. The molecule has 1 aromatic heterocycles. The Morgan fingerprint density at radius 1 is 1.05 bits per heavy atom.